The normalized spacial score (nSPS) is 14.8. The van der Waals surface area contributed by atoms with Crippen LogP contribution >= 0.6 is 0 Å². The van der Waals surface area contributed by atoms with Crippen LogP contribution in [0.3, 0.4) is 0 Å². The molecule has 0 aromatic heterocycles. The van der Waals surface area contributed by atoms with Gasteiger partial charge in [-0.25, -0.2) is 0 Å². The molecule has 0 unspecified atom stereocenters. The summed E-state index contributed by atoms with van der Waals surface area (Å²) >= 11 is 0. The van der Waals surface area contributed by atoms with E-state index in [-0.39, 0.29) is 0 Å². The molecule has 0 aliphatic heterocycles. The third-order valence-electron chi connectivity index (χ3n) is 4.66. The fourth-order valence-corrected chi connectivity index (χ4v) is 3.48. The molecule has 0 radical (unpaired) electrons. The maximum Gasteiger partial charge on any atom is 0.0178 e. The predicted octanol–water partition coefficient (Wildman–Crippen LogP) is 4.25. The van der Waals surface area contributed by atoms with Crippen molar-refractivity contribution in [1.82, 2.24) is 0 Å². The van der Waals surface area contributed by atoms with E-state index in [9.17, 15) is 0 Å². The quantitative estimate of drug-likeness (QED) is 0.887. The van der Waals surface area contributed by atoms with Crippen LogP contribution in [0.4, 0.5) is 0 Å². The summed E-state index contributed by atoms with van der Waals surface area (Å²) in [4.78, 5) is 0. The number of nitrogens with two attached hydrogens (primary N) is 2. The van der Waals surface area contributed by atoms with Crippen molar-refractivity contribution in [1.29, 1.82) is 0 Å². The molecule has 0 spiro atoms. The first-order chi connectivity index (χ1) is 11.1. The third kappa shape index (κ3) is 3.00. The maximum atomic E-state index is 5.80. The van der Waals surface area contributed by atoms with E-state index < -0.39 is 0 Å². The van der Waals surface area contributed by atoms with Crippen molar-refractivity contribution in [2.24, 2.45) is 11.5 Å². The van der Waals surface area contributed by atoms with Crippen molar-refractivity contribution in [2.45, 2.75) is 33.4 Å². The molecule has 0 bridgehead atoms. The van der Waals surface area contributed by atoms with E-state index in [1.165, 1.54) is 44.5 Å². The van der Waals surface area contributed by atoms with Gasteiger partial charge in [0.05, 0.1) is 0 Å². The number of rotatable bonds is 4. The molecule has 3 rings (SSSR count). The van der Waals surface area contributed by atoms with Crippen molar-refractivity contribution in [3.8, 4) is 0 Å². The second-order valence-corrected chi connectivity index (χ2v) is 6.24. The third-order valence-corrected chi connectivity index (χ3v) is 4.66. The minimum Gasteiger partial charge on any atom is -0.326 e. The van der Waals surface area contributed by atoms with E-state index in [1.807, 2.05) is 0 Å². The number of hydrogen-bond acceptors (Lipinski definition) is 2. The van der Waals surface area contributed by atoms with Crippen LogP contribution in [0.1, 0.15) is 42.5 Å². The highest BCUT2D eigenvalue weighted by Crippen LogP contribution is 2.43. The van der Waals surface area contributed by atoms with E-state index in [2.05, 4.69) is 62.4 Å². The lowest BCUT2D eigenvalue weighted by molar-refractivity contribution is 1.07. The van der Waals surface area contributed by atoms with Gasteiger partial charge >= 0.3 is 0 Å². The first-order valence-electron chi connectivity index (χ1n) is 8.12. The van der Waals surface area contributed by atoms with Crippen LogP contribution in [0, 0.1) is 0 Å². The second kappa shape index (κ2) is 6.53. The van der Waals surface area contributed by atoms with Crippen molar-refractivity contribution >= 4 is 11.1 Å². The highest BCUT2D eigenvalue weighted by Gasteiger charge is 2.21. The van der Waals surface area contributed by atoms with Crippen LogP contribution in [0.5, 0.6) is 0 Å². The van der Waals surface area contributed by atoms with Crippen LogP contribution in [-0.4, -0.2) is 0 Å². The van der Waals surface area contributed by atoms with Crippen LogP contribution < -0.4 is 11.5 Å². The van der Waals surface area contributed by atoms with Crippen molar-refractivity contribution in [2.75, 3.05) is 0 Å². The first-order valence-corrected chi connectivity index (χ1v) is 8.12. The van der Waals surface area contributed by atoms with E-state index >= 15 is 0 Å². The van der Waals surface area contributed by atoms with E-state index in [4.69, 9.17) is 11.5 Å². The lowest BCUT2D eigenvalue weighted by atomic mass is 9.95. The molecule has 2 aromatic rings. The molecule has 2 nitrogen and oxygen atoms in total. The summed E-state index contributed by atoms with van der Waals surface area (Å²) < 4.78 is 0. The summed E-state index contributed by atoms with van der Waals surface area (Å²) in [5.41, 5.74) is 22.1. The van der Waals surface area contributed by atoms with Gasteiger partial charge in [0, 0.05) is 13.1 Å². The smallest absolute Gasteiger partial charge is 0.0178 e. The van der Waals surface area contributed by atoms with Crippen molar-refractivity contribution < 1.29 is 0 Å². The summed E-state index contributed by atoms with van der Waals surface area (Å²) in [6.45, 7) is 5.62. The Kier molecular flexibility index (Phi) is 4.46. The zero-order chi connectivity index (χ0) is 16.4. The van der Waals surface area contributed by atoms with Gasteiger partial charge in [-0.05, 0) is 65.3 Å². The van der Waals surface area contributed by atoms with Crippen molar-refractivity contribution in [3.05, 3.63) is 81.9 Å². The van der Waals surface area contributed by atoms with E-state index in [0.717, 1.165) is 6.42 Å². The molecule has 0 fully saturated rings. The summed E-state index contributed by atoms with van der Waals surface area (Å²) in [5, 5.41) is 0. The monoisotopic (exact) mass is 304 g/mol. The van der Waals surface area contributed by atoms with Gasteiger partial charge in [-0.2, -0.15) is 0 Å². The molecule has 23 heavy (non-hydrogen) atoms. The summed E-state index contributed by atoms with van der Waals surface area (Å²) in [6, 6.07) is 17.1. The maximum absolute atomic E-state index is 5.80. The largest absolute Gasteiger partial charge is 0.326 e. The van der Waals surface area contributed by atoms with Gasteiger partial charge in [-0.1, -0.05) is 48.0 Å². The zero-order valence-corrected chi connectivity index (χ0v) is 13.9. The van der Waals surface area contributed by atoms with Gasteiger partial charge in [0.15, 0.2) is 0 Å². The highest BCUT2D eigenvalue weighted by atomic mass is 14.5. The van der Waals surface area contributed by atoms with E-state index in [0.29, 0.717) is 13.1 Å². The van der Waals surface area contributed by atoms with Gasteiger partial charge in [0.1, 0.15) is 0 Å². The predicted molar refractivity (Wildman–Crippen MR) is 98.5 cm³/mol. The van der Waals surface area contributed by atoms with E-state index in [1.54, 1.807) is 0 Å². The van der Waals surface area contributed by atoms with Gasteiger partial charge in [0.2, 0.25) is 0 Å². The van der Waals surface area contributed by atoms with Gasteiger partial charge < -0.3 is 11.5 Å². The Morgan fingerprint density at radius 2 is 1.39 bits per heavy atom. The molecule has 2 aromatic carbocycles. The van der Waals surface area contributed by atoms with Gasteiger partial charge in [-0.3, -0.25) is 0 Å². The SMILES string of the molecule is CC1=C(c2cccc(CN)c2)C(C)=C(c2cccc(CN)c2)C1. The summed E-state index contributed by atoms with van der Waals surface area (Å²) in [6.07, 6.45) is 1.00. The molecule has 1 aliphatic carbocycles. The minimum absolute atomic E-state index is 0.578. The first kappa shape index (κ1) is 15.7. The number of hydrogen-bond donors (Lipinski definition) is 2. The zero-order valence-electron chi connectivity index (χ0n) is 13.9. The molecule has 0 atom stereocenters. The summed E-state index contributed by atoms with van der Waals surface area (Å²) in [5.74, 6) is 0. The number of benzene rings is 2. The molecular formula is C21H24N2. The average molecular weight is 304 g/mol. The van der Waals surface area contributed by atoms with Crippen LogP contribution in [0.15, 0.2) is 59.7 Å². The molecular weight excluding hydrogens is 280 g/mol. The lowest BCUT2D eigenvalue weighted by Gasteiger charge is -2.10. The molecule has 118 valence electrons. The van der Waals surface area contributed by atoms with Crippen LogP contribution in [-0.2, 0) is 13.1 Å². The lowest BCUT2D eigenvalue weighted by Crippen LogP contribution is -1.97. The fraction of sp³-hybridized carbons (Fsp3) is 0.238. The standard InChI is InChI=1S/C21H24N2/c1-14-9-20(18-7-3-5-16(10-18)12-22)15(2)21(14)19-8-4-6-17(11-19)13-23/h3-8,10-11H,9,12-13,22-23H2,1-2H3. The molecule has 1 aliphatic rings. The topological polar surface area (TPSA) is 52.0 Å². The van der Waals surface area contributed by atoms with Crippen LogP contribution in [0.2, 0.25) is 0 Å². The Hall–Kier alpha value is -2.16. The average Bonchev–Trinajstić information content (AvgIpc) is 2.89. The highest BCUT2D eigenvalue weighted by molar-refractivity contribution is 5.96. The Morgan fingerprint density at radius 1 is 0.826 bits per heavy atom. The molecule has 0 amide bonds. The molecule has 0 saturated heterocycles. The van der Waals surface area contributed by atoms with Gasteiger partial charge in [-0.15, -0.1) is 0 Å². The minimum atomic E-state index is 0.578. The Bertz CT molecular complexity index is 797. The van der Waals surface area contributed by atoms with Crippen LogP contribution in [0.25, 0.3) is 11.1 Å². The van der Waals surface area contributed by atoms with Gasteiger partial charge in [0.25, 0.3) is 0 Å². The second-order valence-electron chi connectivity index (χ2n) is 6.24. The Labute approximate surface area is 138 Å². The molecule has 4 N–H and O–H groups in total. The number of allylic oxidation sites excluding steroid dienone is 4. The Balaban J connectivity index is 2.04. The molecule has 0 heterocycles. The Morgan fingerprint density at radius 3 is 2.00 bits per heavy atom. The molecule has 2 heteroatoms. The van der Waals surface area contributed by atoms with Crippen molar-refractivity contribution in [3.63, 3.8) is 0 Å². The fourth-order valence-electron chi connectivity index (χ4n) is 3.48. The summed E-state index contributed by atoms with van der Waals surface area (Å²) in [7, 11) is 0. The molecule has 0 saturated carbocycles.